The molecule has 1 aromatic carbocycles. The normalized spacial score (nSPS) is 11.1. The molecule has 3 aromatic rings. The first kappa shape index (κ1) is 20.1. The molecular formula is C20H24ClN5O2. The van der Waals surface area contributed by atoms with Crippen LogP contribution in [0.15, 0.2) is 35.1 Å². The van der Waals surface area contributed by atoms with E-state index in [1.54, 1.807) is 29.2 Å². The Hall–Kier alpha value is -2.67. The maximum absolute atomic E-state index is 13.0. The van der Waals surface area contributed by atoms with Crippen molar-refractivity contribution in [2.24, 2.45) is 0 Å². The molecule has 0 N–H and O–H groups in total. The van der Waals surface area contributed by atoms with Gasteiger partial charge in [0.15, 0.2) is 5.65 Å². The van der Waals surface area contributed by atoms with Gasteiger partial charge < -0.3 is 4.90 Å². The van der Waals surface area contributed by atoms with Crippen molar-refractivity contribution in [3.8, 4) is 11.4 Å². The molecule has 0 unspecified atom stereocenters. The Kier molecular flexibility index (Phi) is 6.14. The number of rotatable bonds is 7. The van der Waals surface area contributed by atoms with Crippen LogP contribution in [0.2, 0.25) is 5.02 Å². The van der Waals surface area contributed by atoms with Crippen molar-refractivity contribution in [3.63, 3.8) is 0 Å². The van der Waals surface area contributed by atoms with E-state index < -0.39 is 5.69 Å². The molecule has 148 valence electrons. The van der Waals surface area contributed by atoms with Crippen LogP contribution < -0.4 is 5.69 Å². The number of aryl methyl sites for hydroxylation is 1. The molecule has 0 radical (unpaired) electrons. The number of aromatic nitrogens is 4. The molecule has 0 saturated heterocycles. The van der Waals surface area contributed by atoms with Gasteiger partial charge in [0.05, 0.1) is 0 Å². The molecule has 0 spiro atoms. The van der Waals surface area contributed by atoms with Crippen LogP contribution in [0.25, 0.3) is 17.0 Å². The average molecular weight is 402 g/mol. The number of unbranched alkanes of at least 4 members (excludes halogenated alkanes) is 1. The first-order chi connectivity index (χ1) is 13.4. The highest BCUT2D eigenvalue weighted by Crippen LogP contribution is 2.21. The van der Waals surface area contributed by atoms with Gasteiger partial charge in [-0.25, -0.2) is 18.9 Å². The molecular weight excluding hydrogens is 378 g/mol. The van der Waals surface area contributed by atoms with E-state index in [4.69, 9.17) is 11.6 Å². The fourth-order valence-electron chi connectivity index (χ4n) is 3.11. The number of fused-ring (bicyclic) bond motifs is 1. The average Bonchev–Trinajstić information content (AvgIpc) is 2.97. The zero-order valence-corrected chi connectivity index (χ0v) is 17.1. The lowest BCUT2D eigenvalue weighted by atomic mass is 10.2. The number of carbonyl (C=O) groups is 1. The summed E-state index contributed by atoms with van der Waals surface area (Å²) < 4.78 is 2.63. The number of carbonyl (C=O) groups excluding carboxylic acids is 1. The maximum atomic E-state index is 13.0. The molecule has 1 amide bonds. The minimum Gasteiger partial charge on any atom is -0.341 e. The number of halogens is 1. The van der Waals surface area contributed by atoms with E-state index in [2.05, 4.69) is 17.0 Å². The van der Waals surface area contributed by atoms with Crippen molar-refractivity contribution in [3.05, 3.63) is 51.5 Å². The van der Waals surface area contributed by atoms with Crippen molar-refractivity contribution in [1.82, 2.24) is 24.1 Å². The standard InChI is InChI=1S/C20H24ClN5O2/c1-4-6-10-24(5-2)18(27)13-25-20(28)26-17(23-25)11-14(3)22-19(26)15-8-7-9-16(21)12-15/h7-9,11-12H,4-6,10,13H2,1-3H3. The minimum atomic E-state index is -0.391. The first-order valence-corrected chi connectivity index (χ1v) is 9.83. The SMILES string of the molecule is CCCCN(CC)C(=O)Cn1nc2cc(C)nc(-c3cccc(Cl)c3)n2c1=O. The van der Waals surface area contributed by atoms with E-state index in [0.717, 1.165) is 18.5 Å². The van der Waals surface area contributed by atoms with Gasteiger partial charge in [-0.2, -0.15) is 0 Å². The summed E-state index contributed by atoms with van der Waals surface area (Å²) >= 11 is 6.11. The predicted molar refractivity (Wildman–Crippen MR) is 110 cm³/mol. The maximum Gasteiger partial charge on any atom is 0.352 e. The highest BCUT2D eigenvalue weighted by atomic mass is 35.5. The summed E-state index contributed by atoms with van der Waals surface area (Å²) in [5.74, 6) is 0.343. The van der Waals surface area contributed by atoms with Crippen LogP contribution in [0, 0.1) is 6.92 Å². The minimum absolute atomic E-state index is 0.0912. The molecule has 2 heterocycles. The van der Waals surface area contributed by atoms with Gasteiger partial charge in [0.2, 0.25) is 5.91 Å². The first-order valence-electron chi connectivity index (χ1n) is 9.45. The Morgan fingerprint density at radius 2 is 2.04 bits per heavy atom. The second-order valence-electron chi connectivity index (χ2n) is 6.69. The van der Waals surface area contributed by atoms with Gasteiger partial charge in [0, 0.05) is 35.4 Å². The summed E-state index contributed by atoms with van der Waals surface area (Å²) in [6.07, 6.45) is 1.94. The van der Waals surface area contributed by atoms with Crippen molar-refractivity contribution in [2.45, 2.75) is 40.2 Å². The molecule has 7 nitrogen and oxygen atoms in total. The van der Waals surface area contributed by atoms with E-state index in [-0.39, 0.29) is 12.5 Å². The molecule has 8 heteroatoms. The van der Waals surface area contributed by atoms with Gasteiger partial charge in [-0.3, -0.25) is 4.79 Å². The lowest BCUT2D eigenvalue weighted by molar-refractivity contribution is -0.132. The Morgan fingerprint density at radius 1 is 1.25 bits per heavy atom. The summed E-state index contributed by atoms with van der Waals surface area (Å²) in [6.45, 7) is 7.05. The highest BCUT2D eigenvalue weighted by Gasteiger charge is 2.18. The topological polar surface area (TPSA) is 72.5 Å². The molecule has 28 heavy (non-hydrogen) atoms. The van der Waals surface area contributed by atoms with E-state index in [1.165, 1.54) is 9.08 Å². The third-order valence-corrected chi connectivity index (χ3v) is 4.82. The Morgan fingerprint density at radius 3 is 2.71 bits per heavy atom. The number of amides is 1. The molecule has 0 aliphatic rings. The summed E-state index contributed by atoms with van der Waals surface area (Å²) in [5, 5.41) is 4.92. The van der Waals surface area contributed by atoms with Crippen LogP contribution >= 0.6 is 11.6 Å². The summed E-state index contributed by atoms with van der Waals surface area (Å²) in [7, 11) is 0. The zero-order valence-electron chi connectivity index (χ0n) is 16.4. The van der Waals surface area contributed by atoms with E-state index >= 15 is 0 Å². The quantitative estimate of drug-likeness (QED) is 0.609. The number of nitrogens with zero attached hydrogens (tertiary/aromatic N) is 5. The molecule has 0 fully saturated rings. The molecule has 2 aromatic heterocycles. The Bertz CT molecular complexity index is 1060. The smallest absolute Gasteiger partial charge is 0.341 e. The molecule has 0 atom stereocenters. The Balaban J connectivity index is 2.03. The number of hydrogen-bond acceptors (Lipinski definition) is 4. The fraction of sp³-hybridized carbons (Fsp3) is 0.400. The summed E-state index contributed by atoms with van der Waals surface area (Å²) in [6, 6.07) is 8.88. The molecule has 3 rings (SSSR count). The highest BCUT2D eigenvalue weighted by molar-refractivity contribution is 6.30. The number of hydrogen-bond donors (Lipinski definition) is 0. The van der Waals surface area contributed by atoms with Crippen LogP contribution in [0.4, 0.5) is 0 Å². The number of likely N-dealkylation sites (N-methyl/N-ethyl adjacent to an activating group) is 1. The van der Waals surface area contributed by atoms with Gasteiger partial charge in [-0.15, -0.1) is 5.10 Å². The zero-order chi connectivity index (χ0) is 20.3. The summed E-state index contributed by atoms with van der Waals surface area (Å²) in [5.41, 5.74) is 1.51. The van der Waals surface area contributed by atoms with Crippen molar-refractivity contribution in [1.29, 1.82) is 0 Å². The third kappa shape index (κ3) is 4.09. The lowest BCUT2D eigenvalue weighted by Gasteiger charge is -2.20. The van der Waals surface area contributed by atoms with Crippen LogP contribution in [0.5, 0.6) is 0 Å². The molecule has 0 bridgehead atoms. The van der Waals surface area contributed by atoms with Gasteiger partial charge in [0.25, 0.3) is 0 Å². The van der Waals surface area contributed by atoms with Crippen LogP contribution in [-0.4, -0.2) is 43.1 Å². The third-order valence-electron chi connectivity index (χ3n) is 4.58. The van der Waals surface area contributed by atoms with Crippen molar-refractivity contribution in [2.75, 3.05) is 13.1 Å². The summed E-state index contributed by atoms with van der Waals surface area (Å²) in [4.78, 5) is 31.9. The van der Waals surface area contributed by atoms with Gasteiger partial charge in [-0.1, -0.05) is 37.1 Å². The largest absolute Gasteiger partial charge is 0.352 e. The lowest BCUT2D eigenvalue weighted by Crippen LogP contribution is -2.37. The molecule has 0 aliphatic heterocycles. The monoisotopic (exact) mass is 401 g/mol. The van der Waals surface area contributed by atoms with E-state index in [1.807, 2.05) is 19.9 Å². The van der Waals surface area contributed by atoms with Gasteiger partial charge in [-0.05, 0) is 32.4 Å². The number of benzene rings is 1. The Labute approximate surface area is 168 Å². The molecule has 0 saturated carbocycles. The van der Waals surface area contributed by atoms with Crippen LogP contribution in [-0.2, 0) is 11.3 Å². The van der Waals surface area contributed by atoms with Crippen molar-refractivity contribution < 1.29 is 4.79 Å². The van der Waals surface area contributed by atoms with Gasteiger partial charge >= 0.3 is 5.69 Å². The van der Waals surface area contributed by atoms with Crippen LogP contribution in [0.3, 0.4) is 0 Å². The molecule has 0 aliphatic carbocycles. The van der Waals surface area contributed by atoms with Crippen LogP contribution in [0.1, 0.15) is 32.4 Å². The fourth-order valence-corrected chi connectivity index (χ4v) is 3.30. The van der Waals surface area contributed by atoms with E-state index in [0.29, 0.717) is 35.1 Å². The predicted octanol–water partition coefficient (Wildman–Crippen LogP) is 3.17. The van der Waals surface area contributed by atoms with Crippen molar-refractivity contribution >= 4 is 23.2 Å². The van der Waals surface area contributed by atoms with E-state index in [9.17, 15) is 9.59 Å². The second kappa shape index (κ2) is 8.56. The second-order valence-corrected chi connectivity index (χ2v) is 7.13. The van der Waals surface area contributed by atoms with Gasteiger partial charge in [0.1, 0.15) is 12.4 Å².